The van der Waals surface area contributed by atoms with Crippen molar-refractivity contribution in [1.29, 1.82) is 0 Å². The molecule has 11 rings (SSSR count). The monoisotopic (exact) mass is 815 g/mol. The Morgan fingerprint density at radius 2 is 1.56 bits per heavy atom. The molecule has 0 bridgehead atoms. The molecule has 0 fully saturated rings. The van der Waals surface area contributed by atoms with Gasteiger partial charge in [-0.2, -0.15) is 0 Å². The molecule has 3 aliphatic rings. The van der Waals surface area contributed by atoms with Crippen molar-refractivity contribution in [3.63, 3.8) is 0 Å². The molecular formula is C59H49N3O. The van der Waals surface area contributed by atoms with Gasteiger partial charge in [-0.15, -0.1) is 0 Å². The summed E-state index contributed by atoms with van der Waals surface area (Å²) in [6, 6.07) is 47.4. The first-order chi connectivity index (χ1) is 30.7. The Hall–Kier alpha value is -7.30. The second-order valence-corrected chi connectivity index (χ2v) is 17.8. The van der Waals surface area contributed by atoms with Gasteiger partial charge in [0.1, 0.15) is 11.2 Å². The highest BCUT2D eigenvalue weighted by atomic mass is 16.3. The number of hydrogen-bond donors (Lipinski definition) is 0. The molecule has 63 heavy (non-hydrogen) atoms. The van der Waals surface area contributed by atoms with Gasteiger partial charge < -0.3 is 8.98 Å². The van der Waals surface area contributed by atoms with Gasteiger partial charge in [0.2, 0.25) is 0 Å². The first-order valence-corrected chi connectivity index (χ1v) is 22.1. The van der Waals surface area contributed by atoms with Gasteiger partial charge in [0.15, 0.2) is 5.84 Å². The molecule has 2 aromatic heterocycles. The van der Waals surface area contributed by atoms with Crippen LogP contribution < -0.4 is 0 Å². The highest BCUT2D eigenvalue weighted by Gasteiger charge is 2.44. The molecule has 3 aliphatic carbocycles. The molecule has 4 heteroatoms. The van der Waals surface area contributed by atoms with Gasteiger partial charge in [-0.3, -0.25) is 0 Å². The summed E-state index contributed by atoms with van der Waals surface area (Å²) in [5, 5.41) is 3.35. The second-order valence-electron chi connectivity index (χ2n) is 17.8. The SMILES string of the molecule is C=Cc1cccc(C(N=C(C)c2cccc(-n3c4c(c5ccccc53)CC3C(=C4)C(C)(C)c4ccccc43)c2)=NC(=C)c2cccc3oc4ccccc4c23)c1C1=C(C)C=CCC1. The number of nitrogens with zero attached hydrogens (tertiary/aromatic N) is 3. The predicted octanol–water partition coefficient (Wildman–Crippen LogP) is 15.2. The molecule has 0 amide bonds. The van der Waals surface area contributed by atoms with Crippen LogP contribution in [0.4, 0.5) is 0 Å². The van der Waals surface area contributed by atoms with E-state index in [4.69, 9.17) is 14.4 Å². The number of aliphatic imine (C=N–C) groups is 2. The zero-order chi connectivity index (χ0) is 43.0. The fourth-order valence-corrected chi connectivity index (χ4v) is 10.8. The number of allylic oxidation sites excluding steroid dienone is 5. The van der Waals surface area contributed by atoms with Crippen LogP contribution in [-0.4, -0.2) is 16.1 Å². The third-order valence-corrected chi connectivity index (χ3v) is 13.8. The smallest absolute Gasteiger partial charge is 0.160 e. The average Bonchev–Trinajstić information content (AvgIpc) is 3.93. The van der Waals surface area contributed by atoms with Crippen LogP contribution in [0.3, 0.4) is 0 Å². The van der Waals surface area contributed by atoms with Gasteiger partial charge in [0.25, 0.3) is 0 Å². The number of benzene rings is 6. The number of hydrogen-bond acceptors (Lipinski definition) is 2. The van der Waals surface area contributed by atoms with Crippen LogP contribution in [0, 0.1) is 0 Å². The minimum atomic E-state index is -0.0500. The topological polar surface area (TPSA) is 42.8 Å². The maximum atomic E-state index is 6.30. The Morgan fingerprint density at radius 3 is 2.41 bits per heavy atom. The zero-order valence-corrected chi connectivity index (χ0v) is 36.4. The van der Waals surface area contributed by atoms with E-state index in [1.54, 1.807) is 0 Å². The number of rotatable bonds is 7. The number of aromatic nitrogens is 1. The van der Waals surface area contributed by atoms with Crippen molar-refractivity contribution in [2.45, 2.75) is 58.3 Å². The van der Waals surface area contributed by atoms with E-state index in [0.717, 1.165) is 80.4 Å². The zero-order valence-electron chi connectivity index (χ0n) is 36.4. The second kappa shape index (κ2) is 15.0. The van der Waals surface area contributed by atoms with E-state index in [1.807, 2.05) is 36.4 Å². The van der Waals surface area contributed by atoms with E-state index < -0.39 is 0 Å². The molecule has 1 atom stereocenters. The van der Waals surface area contributed by atoms with E-state index in [9.17, 15) is 0 Å². The van der Waals surface area contributed by atoms with Crippen molar-refractivity contribution in [2.75, 3.05) is 0 Å². The van der Waals surface area contributed by atoms with Crippen LogP contribution in [0.25, 0.3) is 62.0 Å². The first kappa shape index (κ1) is 38.6. The van der Waals surface area contributed by atoms with Crippen LogP contribution >= 0.6 is 0 Å². The van der Waals surface area contributed by atoms with Crippen molar-refractivity contribution in [3.8, 4) is 5.69 Å². The fraction of sp³-hybridized carbons (Fsp3) is 0.153. The van der Waals surface area contributed by atoms with Gasteiger partial charge in [0, 0.05) is 50.0 Å². The Kier molecular flexibility index (Phi) is 9.17. The molecule has 8 aromatic rings. The molecule has 306 valence electrons. The molecular weight excluding hydrogens is 767 g/mol. The summed E-state index contributed by atoms with van der Waals surface area (Å²) < 4.78 is 8.76. The lowest BCUT2D eigenvalue weighted by molar-refractivity contribution is 0.613. The van der Waals surface area contributed by atoms with E-state index in [2.05, 4.69) is 167 Å². The maximum absolute atomic E-state index is 6.30. The van der Waals surface area contributed by atoms with E-state index in [0.29, 0.717) is 17.5 Å². The Bertz CT molecular complexity index is 3410. The summed E-state index contributed by atoms with van der Waals surface area (Å²) in [4.78, 5) is 10.9. The van der Waals surface area contributed by atoms with E-state index in [1.165, 1.54) is 50.0 Å². The summed E-state index contributed by atoms with van der Waals surface area (Å²) in [7, 11) is 0. The third-order valence-electron chi connectivity index (χ3n) is 13.8. The Morgan fingerprint density at radius 1 is 0.810 bits per heavy atom. The molecule has 4 nitrogen and oxygen atoms in total. The summed E-state index contributed by atoms with van der Waals surface area (Å²) in [5.41, 5.74) is 20.1. The standard InChI is InChI=1S/C59H49N3O/c1-7-39-20-17-28-47(56(39)42-23-9-8-19-36(42)2)58(61-38(4)43-27-18-32-55-57(43)46-26-12-15-31-54(46)63-55)60-37(3)40-21-16-22-41(33-40)62-52-30-14-11-25-45(52)49-34-48-44-24-10-13-29-50(44)59(5,6)51(48)35-53(49)62/h7-8,10-22,24-33,35,48H,1,4,9,23,34H2,2-3,5-6H3. The van der Waals surface area contributed by atoms with Crippen molar-refractivity contribution < 1.29 is 4.42 Å². The lowest BCUT2D eigenvalue weighted by Gasteiger charge is -2.28. The first-order valence-electron chi connectivity index (χ1n) is 22.1. The molecule has 0 aliphatic heterocycles. The van der Waals surface area contributed by atoms with Crippen molar-refractivity contribution in [3.05, 3.63) is 220 Å². The Balaban J connectivity index is 1.08. The predicted molar refractivity (Wildman–Crippen MR) is 266 cm³/mol. The van der Waals surface area contributed by atoms with Crippen LogP contribution in [-0.2, 0) is 11.8 Å². The summed E-state index contributed by atoms with van der Waals surface area (Å²) in [6.45, 7) is 18.0. The molecule has 1 unspecified atom stereocenters. The molecule has 0 radical (unpaired) electrons. The fourth-order valence-electron chi connectivity index (χ4n) is 10.8. The van der Waals surface area contributed by atoms with Crippen LogP contribution in [0.5, 0.6) is 0 Å². The summed E-state index contributed by atoms with van der Waals surface area (Å²) >= 11 is 0. The van der Waals surface area contributed by atoms with Crippen LogP contribution in [0.1, 0.15) is 96.7 Å². The minimum absolute atomic E-state index is 0.0500. The minimum Gasteiger partial charge on any atom is -0.456 e. The van der Waals surface area contributed by atoms with Crippen LogP contribution in [0.2, 0.25) is 0 Å². The van der Waals surface area contributed by atoms with Gasteiger partial charge in [-0.25, -0.2) is 9.98 Å². The highest BCUT2D eigenvalue weighted by Crippen LogP contribution is 2.55. The quantitative estimate of drug-likeness (QED) is 0.117. The third kappa shape index (κ3) is 6.19. The molecule has 0 spiro atoms. The van der Waals surface area contributed by atoms with Gasteiger partial charge in [0.05, 0.1) is 16.9 Å². The Labute approximate surface area is 369 Å². The van der Waals surface area contributed by atoms with Crippen molar-refractivity contribution in [2.24, 2.45) is 9.98 Å². The average molecular weight is 816 g/mol. The number of fused-ring (bicyclic) bond motifs is 9. The lowest BCUT2D eigenvalue weighted by Crippen LogP contribution is -2.19. The molecule has 0 N–H and O–H groups in total. The lowest BCUT2D eigenvalue weighted by atomic mass is 9.76. The van der Waals surface area contributed by atoms with Crippen LogP contribution in [0.15, 0.2) is 184 Å². The molecule has 0 saturated heterocycles. The summed E-state index contributed by atoms with van der Waals surface area (Å²) in [6.07, 6.45) is 11.8. The molecule has 0 saturated carbocycles. The summed E-state index contributed by atoms with van der Waals surface area (Å²) in [5.74, 6) is 0.980. The molecule has 2 heterocycles. The van der Waals surface area contributed by atoms with E-state index >= 15 is 0 Å². The highest BCUT2D eigenvalue weighted by molar-refractivity contribution is 6.16. The van der Waals surface area contributed by atoms with Gasteiger partial charge >= 0.3 is 0 Å². The van der Waals surface area contributed by atoms with E-state index in [-0.39, 0.29) is 5.41 Å². The largest absolute Gasteiger partial charge is 0.456 e. The molecule has 6 aromatic carbocycles. The number of para-hydroxylation sites is 2. The normalized spacial score (nSPS) is 17.0. The van der Waals surface area contributed by atoms with Crippen molar-refractivity contribution in [1.82, 2.24) is 4.57 Å². The maximum Gasteiger partial charge on any atom is 0.160 e. The van der Waals surface area contributed by atoms with Gasteiger partial charge in [-0.05, 0) is 114 Å². The van der Waals surface area contributed by atoms with Gasteiger partial charge in [-0.1, -0.05) is 154 Å². The van der Waals surface area contributed by atoms with Crippen molar-refractivity contribution >= 4 is 67.8 Å². The number of amidine groups is 1. The number of furan rings is 1.